The first-order chi connectivity index (χ1) is 10.3. The number of rotatable bonds is 5. The van der Waals surface area contributed by atoms with Crippen molar-refractivity contribution in [1.29, 1.82) is 0 Å². The fourth-order valence-electron chi connectivity index (χ4n) is 2.79. The Morgan fingerprint density at radius 1 is 1.05 bits per heavy atom. The summed E-state index contributed by atoms with van der Waals surface area (Å²) >= 11 is 6.17. The largest absolute Gasteiger partial charge is 0.456 e. The van der Waals surface area contributed by atoms with Crippen LogP contribution in [0, 0.1) is 0 Å². The minimum Gasteiger partial charge on any atom is -0.456 e. The molecule has 3 rings (SSSR count). The zero-order valence-corrected chi connectivity index (χ0v) is 12.8. The molecule has 110 valence electrons. The van der Waals surface area contributed by atoms with E-state index in [2.05, 4.69) is 17.4 Å². The van der Waals surface area contributed by atoms with Crippen molar-refractivity contribution in [2.75, 3.05) is 6.54 Å². The summed E-state index contributed by atoms with van der Waals surface area (Å²) in [4.78, 5) is 0. The molecular formula is C18H20ClNO. The van der Waals surface area contributed by atoms with Crippen molar-refractivity contribution in [3.63, 3.8) is 0 Å². The third-order valence-electron chi connectivity index (χ3n) is 3.95. The molecule has 0 spiro atoms. The summed E-state index contributed by atoms with van der Waals surface area (Å²) in [5, 5.41) is 4.19. The molecule has 0 bridgehead atoms. The lowest BCUT2D eigenvalue weighted by Crippen LogP contribution is -2.21. The van der Waals surface area contributed by atoms with E-state index in [1.807, 2.05) is 36.4 Å². The van der Waals surface area contributed by atoms with E-state index >= 15 is 0 Å². The number of nitrogens with one attached hydrogen (secondary N) is 1. The maximum absolute atomic E-state index is 6.17. The highest BCUT2D eigenvalue weighted by molar-refractivity contribution is 6.32. The highest BCUT2D eigenvalue weighted by Gasteiger charge is 2.15. The Morgan fingerprint density at radius 2 is 1.81 bits per heavy atom. The monoisotopic (exact) mass is 301 g/mol. The average molecular weight is 302 g/mol. The Labute approximate surface area is 131 Å². The van der Waals surface area contributed by atoms with Gasteiger partial charge in [-0.15, -0.1) is 0 Å². The molecule has 1 fully saturated rings. The first kappa shape index (κ1) is 14.4. The highest BCUT2D eigenvalue weighted by Crippen LogP contribution is 2.31. The van der Waals surface area contributed by atoms with Gasteiger partial charge < -0.3 is 10.1 Å². The molecule has 0 radical (unpaired) electrons. The van der Waals surface area contributed by atoms with Crippen LogP contribution in [0.2, 0.25) is 5.02 Å². The van der Waals surface area contributed by atoms with E-state index in [0.717, 1.165) is 25.1 Å². The van der Waals surface area contributed by atoms with Crippen LogP contribution in [-0.2, 0) is 6.42 Å². The van der Waals surface area contributed by atoms with Crippen LogP contribution in [-0.4, -0.2) is 12.6 Å². The third-order valence-corrected chi connectivity index (χ3v) is 4.27. The minimum absolute atomic E-state index is 0.643. The standard InChI is InChI=1S/C18H20ClNO/c19-16-8-2-4-10-18(16)21-17-9-3-1-6-14(17)11-12-15-7-5-13-20-15/h1-4,6,8-10,15,20H,5,7,11-13H2. The van der Waals surface area contributed by atoms with Crippen LogP contribution in [0.5, 0.6) is 11.5 Å². The zero-order chi connectivity index (χ0) is 14.5. The van der Waals surface area contributed by atoms with Crippen molar-refractivity contribution < 1.29 is 4.74 Å². The average Bonchev–Trinajstić information content (AvgIpc) is 3.02. The summed E-state index contributed by atoms with van der Waals surface area (Å²) in [7, 11) is 0. The highest BCUT2D eigenvalue weighted by atomic mass is 35.5. The first-order valence-corrected chi connectivity index (χ1v) is 7.94. The minimum atomic E-state index is 0.643. The second kappa shape index (κ2) is 6.97. The van der Waals surface area contributed by atoms with Crippen LogP contribution in [0.25, 0.3) is 0 Å². The van der Waals surface area contributed by atoms with Gasteiger partial charge in [0.2, 0.25) is 0 Å². The molecule has 1 unspecified atom stereocenters. The normalized spacial score (nSPS) is 17.9. The Hall–Kier alpha value is -1.51. The Bertz CT molecular complexity index is 593. The van der Waals surface area contributed by atoms with Gasteiger partial charge in [-0.05, 0) is 56.0 Å². The summed E-state index contributed by atoms with van der Waals surface area (Å²) in [6, 6.07) is 16.5. The van der Waals surface area contributed by atoms with Gasteiger partial charge in [-0.2, -0.15) is 0 Å². The van der Waals surface area contributed by atoms with Gasteiger partial charge in [0.05, 0.1) is 5.02 Å². The van der Waals surface area contributed by atoms with E-state index < -0.39 is 0 Å². The Morgan fingerprint density at radius 3 is 2.57 bits per heavy atom. The SMILES string of the molecule is Clc1ccccc1Oc1ccccc1CCC1CCCN1. The number of ether oxygens (including phenoxy) is 1. The summed E-state index contributed by atoms with van der Waals surface area (Å²) in [5.74, 6) is 1.62. The van der Waals surface area contributed by atoms with E-state index in [4.69, 9.17) is 16.3 Å². The molecular weight excluding hydrogens is 282 g/mol. The van der Waals surface area contributed by atoms with Gasteiger partial charge in [-0.1, -0.05) is 41.9 Å². The molecule has 0 saturated carbocycles. The van der Waals surface area contributed by atoms with Gasteiger partial charge in [-0.3, -0.25) is 0 Å². The van der Waals surface area contributed by atoms with Crippen LogP contribution in [0.3, 0.4) is 0 Å². The van der Waals surface area contributed by atoms with Gasteiger partial charge in [-0.25, -0.2) is 0 Å². The molecule has 1 saturated heterocycles. The van der Waals surface area contributed by atoms with Crippen LogP contribution < -0.4 is 10.1 Å². The van der Waals surface area contributed by atoms with Crippen LogP contribution >= 0.6 is 11.6 Å². The van der Waals surface area contributed by atoms with Crippen molar-refractivity contribution in [3.05, 3.63) is 59.1 Å². The summed E-state index contributed by atoms with van der Waals surface area (Å²) in [5.41, 5.74) is 1.24. The number of para-hydroxylation sites is 2. The fraction of sp³-hybridized carbons (Fsp3) is 0.333. The molecule has 2 nitrogen and oxygen atoms in total. The van der Waals surface area contributed by atoms with Gasteiger partial charge in [0.15, 0.2) is 0 Å². The van der Waals surface area contributed by atoms with E-state index in [-0.39, 0.29) is 0 Å². The molecule has 2 aromatic carbocycles. The first-order valence-electron chi connectivity index (χ1n) is 7.56. The second-order valence-electron chi connectivity index (χ2n) is 5.47. The fourth-order valence-corrected chi connectivity index (χ4v) is 2.96. The molecule has 1 aliphatic rings. The maximum atomic E-state index is 6.17. The van der Waals surface area contributed by atoms with Gasteiger partial charge >= 0.3 is 0 Å². The number of benzene rings is 2. The molecule has 3 heteroatoms. The van der Waals surface area contributed by atoms with Crippen molar-refractivity contribution >= 4 is 11.6 Å². The van der Waals surface area contributed by atoms with Crippen LogP contribution in [0.15, 0.2) is 48.5 Å². The molecule has 1 N–H and O–H groups in total. The topological polar surface area (TPSA) is 21.3 Å². The summed E-state index contributed by atoms with van der Waals surface area (Å²) in [6.45, 7) is 1.16. The zero-order valence-electron chi connectivity index (χ0n) is 12.0. The molecule has 0 amide bonds. The number of aryl methyl sites for hydroxylation is 1. The van der Waals surface area contributed by atoms with Gasteiger partial charge in [0.1, 0.15) is 11.5 Å². The maximum Gasteiger partial charge on any atom is 0.146 e. The van der Waals surface area contributed by atoms with Crippen molar-refractivity contribution in [1.82, 2.24) is 5.32 Å². The predicted octanol–water partition coefficient (Wildman–Crippen LogP) is 4.82. The van der Waals surface area contributed by atoms with E-state index in [9.17, 15) is 0 Å². The van der Waals surface area contributed by atoms with Crippen LogP contribution in [0.1, 0.15) is 24.8 Å². The third kappa shape index (κ3) is 3.78. The quantitative estimate of drug-likeness (QED) is 0.855. The lowest BCUT2D eigenvalue weighted by atomic mass is 10.0. The molecule has 0 aromatic heterocycles. The number of hydrogen-bond donors (Lipinski definition) is 1. The number of halogens is 1. The van der Waals surface area contributed by atoms with E-state index in [1.165, 1.54) is 18.4 Å². The lowest BCUT2D eigenvalue weighted by molar-refractivity contribution is 0.471. The smallest absolute Gasteiger partial charge is 0.146 e. The van der Waals surface area contributed by atoms with E-state index in [0.29, 0.717) is 16.8 Å². The van der Waals surface area contributed by atoms with Gasteiger partial charge in [0.25, 0.3) is 0 Å². The molecule has 2 aromatic rings. The summed E-state index contributed by atoms with van der Waals surface area (Å²) in [6.07, 6.45) is 4.76. The summed E-state index contributed by atoms with van der Waals surface area (Å²) < 4.78 is 6.00. The molecule has 1 aliphatic heterocycles. The van der Waals surface area contributed by atoms with Crippen LogP contribution in [0.4, 0.5) is 0 Å². The number of hydrogen-bond acceptors (Lipinski definition) is 2. The van der Waals surface area contributed by atoms with Crippen molar-refractivity contribution in [3.8, 4) is 11.5 Å². The van der Waals surface area contributed by atoms with Crippen molar-refractivity contribution in [2.45, 2.75) is 31.7 Å². The molecule has 21 heavy (non-hydrogen) atoms. The Kier molecular flexibility index (Phi) is 4.79. The second-order valence-corrected chi connectivity index (χ2v) is 5.88. The van der Waals surface area contributed by atoms with Gasteiger partial charge in [0, 0.05) is 6.04 Å². The molecule has 0 aliphatic carbocycles. The molecule has 1 atom stereocenters. The van der Waals surface area contributed by atoms with E-state index in [1.54, 1.807) is 0 Å². The van der Waals surface area contributed by atoms with Crippen molar-refractivity contribution in [2.24, 2.45) is 0 Å². The lowest BCUT2D eigenvalue weighted by Gasteiger charge is -2.14. The Balaban J connectivity index is 1.71. The predicted molar refractivity (Wildman–Crippen MR) is 87.3 cm³/mol. The molecule has 1 heterocycles.